The first kappa shape index (κ1) is 9.52. The van der Waals surface area contributed by atoms with Crippen molar-refractivity contribution in [1.82, 2.24) is 10.3 Å². The van der Waals surface area contributed by atoms with E-state index in [1.54, 1.807) is 12.5 Å². The predicted molar refractivity (Wildman–Crippen MR) is 55.3 cm³/mol. The average molecular weight is 195 g/mol. The van der Waals surface area contributed by atoms with E-state index in [1.807, 2.05) is 0 Å². The lowest BCUT2D eigenvalue weighted by molar-refractivity contribution is 0.388. The fourth-order valence-corrected chi connectivity index (χ4v) is 1.83. The normalized spacial score (nSPS) is 22.1. The Morgan fingerprint density at radius 1 is 1.57 bits per heavy atom. The minimum atomic E-state index is 0.626. The maximum atomic E-state index is 5.08. The summed E-state index contributed by atoms with van der Waals surface area (Å²) in [6, 6.07) is 1.30. The van der Waals surface area contributed by atoms with Gasteiger partial charge in [0.15, 0.2) is 0 Å². The number of oxazole rings is 1. The Morgan fingerprint density at radius 2 is 2.57 bits per heavy atom. The van der Waals surface area contributed by atoms with Gasteiger partial charge in [-0.1, -0.05) is 6.42 Å². The highest BCUT2D eigenvalue weighted by Crippen LogP contribution is 2.10. The Balaban J connectivity index is 1.62. The molecule has 0 aliphatic carbocycles. The van der Waals surface area contributed by atoms with Crippen LogP contribution >= 0.6 is 0 Å². The topological polar surface area (TPSA) is 50.1 Å². The third kappa shape index (κ3) is 2.73. The molecule has 0 radical (unpaired) electrons. The molecule has 2 heterocycles. The zero-order valence-electron chi connectivity index (χ0n) is 8.33. The van der Waals surface area contributed by atoms with Crippen molar-refractivity contribution in [2.24, 2.45) is 0 Å². The molecule has 4 nitrogen and oxygen atoms in total. The Kier molecular flexibility index (Phi) is 3.40. The van der Waals surface area contributed by atoms with Crippen LogP contribution in [0.15, 0.2) is 16.9 Å². The minimum absolute atomic E-state index is 0.626. The van der Waals surface area contributed by atoms with Crippen LogP contribution in [-0.4, -0.2) is 24.1 Å². The van der Waals surface area contributed by atoms with Crippen LogP contribution in [-0.2, 0) is 0 Å². The third-order valence-electron chi connectivity index (χ3n) is 2.61. The van der Waals surface area contributed by atoms with Gasteiger partial charge in [-0.2, -0.15) is 0 Å². The first-order valence-corrected chi connectivity index (χ1v) is 5.32. The molecule has 1 fully saturated rings. The molecule has 2 N–H and O–H groups in total. The number of hydrogen-bond donors (Lipinski definition) is 2. The highest BCUT2D eigenvalue weighted by Gasteiger charge is 2.11. The number of nitrogens with zero attached hydrogens (tertiary/aromatic N) is 1. The van der Waals surface area contributed by atoms with E-state index in [0.717, 1.165) is 13.0 Å². The predicted octanol–water partition coefficient (Wildman–Crippen LogP) is 1.62. The standard InChI is InChI=1S/C10H17N3O/c1-2-5-11-9(3-1)4-6-12-10-13-7-8-14-10/h7-9,11H,1-6H2,(H,12,13). The van der Waals surface area contributed by atoms with Crippen LogP contribution in [0.4, 0.5) is 6.01 Å². The number of hydrogen-bond acceptors (Lipinski definition) is 4. The van der Waals surface area contributed by atoms with Gasteiger partial charge < -0.3 is 15.1 Å². The van der Waals surface area contributed by atoms with Crippen LogP contribution < -0.4 is 10.6 Å². The molecule has 1 aliphatic heterocycles. The molecule has 1 atom stereocenters. The van der Waals surface area contributed by atoms with Crippen LogP contribution in [0.2, 0.25) is 0 Å². The molecule has 78 valence electrons. The highest BCUT2D eigenvalue weighted by molar-refractivity contribution is 5.17. The zero-order chi connectivity index (χ0) is 9.64. The molecule has 0 bridgehead atoms. The molecule has 1 aromatic heterocycles. The van der Waals surface area contributed by atoms with E-state index in [4.69, 9.17) is 4.42 Å². The van der Waals surface area contributed by atoms with Gasteiger partial charge in [0.05, 0.1) is 6.20 Å². The first-order valence-electron chi connectivity index (χ1n) is 5.32. The van der Waals surface area contributed by atoms with E-state index in [0.29, 0.717) is 12.1 Å². The summed E-state index contributed by atoms with van der Waals surface area (Å²) in [5.74, 6) is 0. The van der Waals surface area contributed by atoms with Gasteiger partial charge in [-0.3, -0.25) is 0 Å². The third-order valence-corrected chi connectivity index (χ3v) is 2.61. The van der Waals surface area contributed by atoms with Crippen molar-refractivity contribution in [1.29, 1.82) is 0 Å². The summed E-state index contributed by atoms with van der Waals surface area (Å²) in [6.07, 6.45) is 8.36. The van der Waals surface area contributed by atoms with Crippen LogP contribution in [0.5, 0.6) is 0 Å². The van der Waals surface area contributed by atoms with Gasteiger partial charge in [-0.25, -0.2) is 4.98 Å². The van der Waals surface area contributed by atoms with Gasteiger partial charge in [-0.05, 0) is 25.8 Å². The number of piperidine rings is 1. The van der Waals surface area contributed by atoms with Gasteiger partial charge in [-0.15, -0.1) is 0 Å². The zero-order valence-corrected chi connectivity index (χ0v) is 8.33. The quantitative estimate of drug-likeness (QED) is 0.766. The molecule has 1 aliphatic rings. The molecule has 2 rings (SSSR count). The second-order valence-electron chi connectivity index (χ2n) is 3.70. The number of anilines is 1. The second-order valence-corrected chi connectivity index (χ2v) is 3.70. The summed E-state index contributed by atoms with van der Waals surface area (Å²) in [6.45, 7) is 2.10. The molecule has 0 spiro atoms. The van der Waals surface area contributed by atoms with E-state index >= 15 is 0 Å². The molecule has 4 heteroatoms. The summed E-state index contributed by atoms with van der Waals surface area (Å²) in [5, 5.41) is 6.66. The lowest BCUT2D eigenvalue weighted by Gasteiger charge is -2.23. The summed E-state index contributed by atoms with van der Waals surface area (Å²) in [4.78, 5) is 4.00. The lowest BCUT2D eigenvalue weighted by Crippen LogP contribution is -2.35. The van der Waals surface area contributed by atoms with Crippen molar-refractivity contribution in [3.63, 3.8) is 0 Å². The summed E-state index contributed by atoms with van der Waals surface area (Å²) < 4.78 is 5.08. The van der Waals surface area contributed by atoms with E-state index in [9.17, 15) is 0 Å². The van der Waals surface area contributed by atoms with E-state index in [2.05, 4.69) is 15.6 Å². The van der Waals surface area contributed by atoms with E-state index in [-0.39, 0.29) is 0 Å². The van der Waals surface area contributed by atoms with Crippen molar-refractivity contribution in [2.45, 2.75) is 31.7 Å². The van der Waals surface area contributed by atoms with Gasteiger partial charge in [0, 0.05) is 12.6 Å². The lowest BCUT2D eigenvalue weighted by atomic mass is 10.0. The van der Waals surface area contributed by atoms with Gasteiger partial charge in [0.2, 0.25) is 0 Å². The number of aromatic nitrogens is 1. The Hall–Kier alpha value is -1.03. The molecular formula is C10H17N3O. The smallest absolute Gasteiger partial charge is 0.294 e. The highest BCUT2D eigenvalue weighted by atomic mass is 16.4. The summed E-state index contributed by atoms with van der Waals surface area (Å²) >= 11 is 0. The van der Waals surface area contributed by atoms with Crippen molar-refractivity contribution >= 4 is 6.01 Å². The number of rotatable bonds is 4. The SMILES string of the molecule is c1coc(NCCC2CCCCN2)n1. The molecule has 0 aromatic carbocycles. The van der Waals surface area contributed by atoms with E-state index in [1.165, 1.54) is 25.8 Å². The summed E-state index contributed by atoms with van der Waals surface area (Å²) in [5.41, 5.74) is 0. The van der Waals surface area contributed by atoms with Crippen LogP contribution in [0.3, 0.4) is 0 Å². The van der Waals surface area contributed by atoms with Crippen LogP contribution in [0.1, 0.15) is 25.7 Å². The van der Waals surface area contributed by atoms with Crippen molar-refractivity contribution in [3.8, 4) is 0 Å². The largest absolute Gasteiger partial charge is 0.432 e. The number of nitrogens with one attached hydrogen (secondary N) is 2. The molecular weight excluding hydrogens is 178 g/mol. The fraction of sp³-hybridized carbons (Fsp3) is 0.700. The van der Waals surface area contributed by atoms with Crippen molar-refractivity contribution in [2.75, 3.05) is 18.4 Å². The Morgan fingerprint density at radius 3 is 3.29 bits per heavy atom. The minimum Gasteiger partial charge on any atom is -0.432 e. The Bertz CT molecular complexity index is 242. The summed E-state index contributed by atoms with van der Waals surface area (Å²) in [7, 11) is 0. The van der Waals surface area contributed by atoms with Crippen LogP contribution in [0, 0.1) is 0 Å². The molecule has 0 saturated carbocycles. The fourth-order valence-electron chi connectivity index (χ4n) is 1.83. The van der Waals surface area contributed by atoms with Gasteiger partial charge >= 0.3 is 0 Å². The van der Waals surface area contributed by atoms with E-state index < -0.39 is 0 Å². The van der Waals surface area contributed by atoms with Gasteiger partial charge in [0.25, 0.3) is 6.01 Å². The Labute approximate surface area is 84.1 Å². The molecule has 1 aromatic rings. The van der Waals surface area contributed by atoms with Gasteiger partial charge in [0.1, 0.15) is 6.26 Å². The van der Waals surface area contributed by atoms with Crippen molar-refractivity contribution < 1.29 is 4.42 Å². The average Bonchev–Trinajstić information content (AvgIpc) is 2.72. The molecule has 0 amide bonds. The molecule has 14 heavy (non-hydrogen) atoms. The molecule has 1 saturated heterocycles. The second kappa shape index (κ2) is 5.00. The van der Waals surface area contributed by atoms with Crippen molar-refractivity contribution in [3.05, 3.63) is 12.5 Å². The maximum Gasteiger partial charge on any atom is 0.294 e. The monoisotopic (exact) mass is 195 g/mol. The molecule has 1 unspecified atom stereocenters. The maximum absolute atomic E-state index is 5.08. The first-order chi connectivity index (χ1) is 6.95. The van der Waals surface area contributed by atoms with Crippen LogP contribution in [0.25, 0.3) is 0 Å².